The van der Waals surface area contributed by atoms with E-state index in [0.717, 1.165) is 17.8 Å². The summed E-state index contributed by atoms with van der Waals surface area (Å²) in [6.07, 6.45) is 2.31. The number of ether oxygens (including phenoxy) is 1. The van der Waals surface area contributed by atoms with Crippen molar-refractivity contribution in [2.45, 2.75) is 13.3 Å². The van der Waals surface area contributed by atoms with Crippen molar-refractivity contribution in [3.63, 3.8) is 0 Å². The van der Waals surface area contributed by atoms with Crippen LogP contribution in [0.3, 0.4) is 0 Å². The largest absolute Gasteiger partial charge is 0.509 e. The molecule has 106 valence electrons. The van der Waals surface area contributed by atoms with Gasteiger partial charge in [0.05, 0.1) is 6.61 Å². The minimum absolute atomic E-state index is 0.383. The summed E-state index contributed by atoms with van der Waals surface area (Å²) in [7, 11) is 0. The molecule has 1 aromatic carbocycles. The van der Waals surface area contributed by atoms with E-state index >= 15 is 0 Å². The van der Waals surface area contributed by atoms with Crippen LogP contribution in [-0.4, -0.2) is 18.6 Å². The molecular formula is C14H14BF3NO-. The Morgan fingerprint density at radius 3 is 2.55 bits per heavy atom. The van der Waals surface area contributed by atoms with Gasteiger partial charge >= 0.3 is 6.98 Å². The lowest BCUT2D eigenvalue weighted by Gasteiger charge is -2.17. The van der Waals surface area contributed by atoms with Crippen LogP contribution in [-0.2, 0) is 6.42 Å². The molecule has 0 aliphatic carbocycles. The standard InChI is InChI=1S/C14H14BF3NO/c1-11-10-12(15(16,17)18)5-6-14(11)20-9-7-13-4-2-3-8-19-13/h2-6,8,10H,7,9H2,1H3/q-1. The van der Waals surface area contributed by atoms with E-state index in [1.807, 2.05) is 18.2 Å². The van der Waals surface area contributed by atoms with Gasteiger partial charge in [0.1, 0.15) is 5.75 Å². The summed E-state index contributed by atoms with van der Waals surface area (Å²) >= 11 is 0. The molecule has 2 nitrogen and oxygen atoms in total. The first kappa shape index (κ1) is 14.4. The Kier molecular flexibility index (Phi) is 4.32. The van der Waals surface area contributed by atoms with Crippen LogP contribution >= 0.6 is 0 Å². The number of nitrogens with zero attached hydrogens (tertiary/aromatic N) is 1. The summed E-state index contributed by atoms with van der Waals surface area (Å²) in [5.41, 5.74) is 0.780. The third kappa shape index (κ3) is 3.76. The predicted octanol–water partition coefficient (Wildman–Crippen LogP) is 3.07. The highest BCUT2D eigenvalue weighted by molar-refractivity contribution is 6.73. The number of halogens is 3. The van der Waals surface area contributed by atoms with Crippen molar-refractivity contribution < 1.29 is 17.7 Å². The maximum absolute atomic E-state index is 12.6. The molecule has 1 heterocycles. The van der Waals surface area contributed by atoms with Gasteiger partial charge in [-0.1, -0.05) is 18.2 Å². The van der Waals surface area contributed by atoms with Gasteiger partial charge in [-0.15, -0.1) is 5.46 Å². The summed E-state index contributed by atoms with van der Waals surface area (Å²) in [6.45, 7) is -2.96. The molecule has 0 fully saturated rings. The second-order valence-electron chi connectivity index (χ2n) is 4.52. The number of benzene rings is 1. The normalized spacial score (nSPS) is 11.4. The first-order valence-corrected chi connectivity index (χ1v) is 6.30. The van der Waals surface area contributed by atoms with Crippen LogP contribution in [0.5, 0.6) is 5.75 Å². The van der Waals surface area contributed by atoms with Crippen molar-refractivity contribution in [2.75, 3.05) is 6.61 Å². The number of hydrogen-bond donors (Lipinski definition) is 0. The summed E-state index contributed by atoms with van der Waals surface area (Å²) < 4.78 is 43.3. The maximum Gasteiger partial charge on any atom is 0.509 e. The molecule has 0 aliphatic heterocycles. The van der Waals surface area contributed by atoms with E-state index in [2.05, 4.69) is 4.98 Å². The molecule has 2 aromatic rings. The fraction of sp³-hybridized carbons (Fsp3) is 0.214. The quantitative estimate of drug-likeness (QED) is 0.785. The van der Waals surface area contributed by atoms with Crippen LogP contribution in [0.4, 0.5) is 12.9 Å². The lowest BCUT2D eigenvalue weighted by atomic mass is 9.79. The van der Waals surface area contributed by atoms with Crippen molar-refractivity contribution in [1.82, 2.24) is 4.98 Å². The number of aromatic nitrogens is 1. The molecule has 0 bridgehead atoms. The monoisotopic (exact) mass is 280 g/mol. The van der Waals surface area contributed by atoms with Crippen LogP contribution in [0.25, 0.3) is 0 Å². The van der Waals surface area contributed by atoms with E-state index < -0.39 is 12.4 Å². The molecule has 0 saturated carbocycles. The topological polar surface area (TPSA) is 22.1 Å². The third-order valence-corrected chi connectivity index (χ3v) is 2.92. The first-order chi connectivity index (χ1) is 9.47. The summed E-state index contributed by atoms with van der Waals surface area (Å²) in [4.78, 5) is 4.15. The van der Waals surface area contributed by atoms with E-state index in [4.69, 9.17) is 4.74 Å². The van der Waals surface area contributed by atoms with Gasteiger partial charge in [0.25, 0.3) is 0 Å². The molecule has 0 spiro atoms. The average molecular weight is 280 g/mol. The van der Waals surface area contributed by atoms with Gasteiger partial charge in [-0.05, 0) is 30.7 Å². The molecule has 2 rings (SSSR count). The van der Waals surface area contributed by atoms with Crippen molar-refractivity contribution in [1.29, 1.82) is 0 Å². The molecule has 0 unspecified atom stereocenters. The lowest BCUT2D eigenvalue weighted by Crippen LogP contribution is -2.34. The third-order valence-electron chi connectivity index (χ3n) is 2.92. The Bertz CT molecular complexity index is 572. The Balaban J connectivity index is 1.97. The van der Waals surface area contributed by atoms with Gasteiger partial charge < -0.3 is 17.7 Å². The zero-order valence-electron chi connectivity index (χ0n) is 11.0. The molecule has 1 aromatic heterocycles. The van der Waals surface area contributed by atoms with Gasteiger partial charge in [0, 0.05) is 18.3 Å². The molecule has 0 atom stereocenters. The van der Waals surface area contributed by atoms with Gasteiger partial charge in [-0.3, -0.25) is 4.98 Å². The highest BCUT2D eigenvalue weighted by Gasteiger charge is 2.25. The summed E-state index contributed by atoms with van der Waals surface area (Å²) in [6, 6.07) is 9.14. The molecular weight excluding hydrogens is 266 g/mol. The molecule has 0 N–H and O–H groups in total. The van der Waals surface area contributed by atoms with Crippen LogP contribution in [0.1, 0.15) is 11.3 Å². The molecule has 0 saturated heterocycles. The Morgan fingerprint density at radius 1 is 1.15 bits per heavy atom. The van der Waals surface area contributed by atoms with Crippen molar-refractivity contribution in [3.8, 4) is 5.75 Å². The van der Waals surface area contributed by atoms with E-state index in [1.54, 1.807) is 13.1 Å². The van der Waals surface area contributed by atoms with E-state index in [-0.39, 0.29) is 0 Å². The van der Waals surface area contributed by atoms with Gasteiger partial charge in [0.15, 0.2) is 0 Å². The molecule has 20 heavy (non-hydrogen) atoms. The number of hydrogen-bond acceptors (Lipinski definition) is 2. The Morgan fingerprint density at radius 2 is 1.95 bits per heavy atom. The van der Waals surface area contributed by atoms with Crippen LogP contribution < -0.4 is 10.2 Å². The average Bonchev–Trinajstić information content (AvgIpc) is 2.40. The van der Waals surface area contributed by atoms with E-state index in [0.29, 0.717) is 24.3 Å². The van der Waals surface area contributed by atoms with Crippen molar-refractivity contribution >= 4 is 12.4 Å². The van der Waals surface area contributed by atoms with Gasteiger partial charge in [-0.25, -0.2) is 0 Å². The summed E-state index contributed by atoms with van der Waals surface area (Å²) in [5.74, 6) is 0.477. The maximum atomic E-state index is 12.6. The second kappa shape index (κ2) is 5.99. The highest BCUT2D eigenvalue weighted by Crippen LogP contribution is 2.19. The van der Waals surface area contributed by atoms with Crippen molar-refractivity contribution in [2.24, 2.45) is 0 Å². The molecule has 0 aliphatic rings. The minimum atomic E-state index is -4.96. The number of pyridine rings is 1. The molecule has 0 amide bonds. The van der Waals surface area contributed by atoms with Crippen molar-refractivity contribution in [3.05, 3.63) is 53.9 Å². The Labute approximate surface area is 115 Å². The second-order valence-corrected chi connectivity index (χ2v) is 4.52. The fourth-order valence-corrected chi connectivity index (χ4v) is 1.85. The Hall–Kier alpha value is -1.98. The zero-order valence-corrected chi connectivity index (χ0v) is 11.0. The van der Waals surface area contributed by atoms with E-state index in [9.17, 15) is 12.9 Å². The zero-order chi connectivity index (χ0) is 14.6. The molecule has 6 heteroatoms. The minimum Gasteiger partial charge on any atom is -0.493 e. The van der Waals surface area contributed by atoms with Gasteiger partial charge in [-0.2, -0.15) is 0 Å². The fourth-order valence-electron chi connectivity index (χ4n) is 1.85. The molecule has 0 radical (unpaired) electrons. The predicted molar refractivity (Wildman–Crippen MR) is 73.3 cm³/mol. The SMILES string of the molecule is Cc1cc([B-](F)(F)F)ccc1OCCc1ccccn1. The number of aryl methyl sites for hydroxylation is 1. The van der Waals surface area contributed by atoms with Gasteiger partial charge in [0.2, 0.25) is 0 Å². The lowest BCUT2D eigenvalue weighted by molar-refractivity contribution is 0.318. The van der Waals surface area contributed by atoms with Crippen LogP contribution in [0.2, 0.25) is 0 Å². The first-order valence-electron chi connectivity index (χ1n) is 6.30. The summed E-state index contributed by atoms with van der Waals surface area (Å²) in [5, 5.41) is 0. The van der Waals surface area contributed by atoms with Crippen LogP contribution in [0.15, 0.2) is 42.6 Å². The smallest absolute Gasteiger partial charge is 0.493 e. The van der Waals surface area contributed by atoms with Crippen LogP contribution in [0, 0.1) is 6.92 Å². The highest BCUT2D eigenvalue weighted by atomic mass is 19.4. The van der Waals surface area contributed by atoms with E-state index in [1.165, 1.54) is 6.07 Å². The number of rotatable bonds is 5.